The molecule has 0 saturated heterocycles. The fourth-order valence-electron chi connectivity index (χ4n) is 2.02. The number of carbonyl (C=O) groups is 1. The summed E-state index contributed by atoms with van der Waals surface area (Å²) in [6, 6.07) is 10.4. The lowest BCUT2D eigenvalue weighted by molar-refractivity contribution is 0.100. The van der Waals surface area contributed by atoms with Gasteiger partial charge in [0.25, 0.3) is 0 Å². The van der Waals surface area contributed by atoms with Gasteiger partial charge < -0.3 is 0 Å². The molecular formula is C18H19N3OS. The molecule has 2 rings (SSSR count). The number of rotatable bonds is 4. The van der Waals surface area contributed by atoms with Crippen LogP contribution in [-0.4, -0.2) is 15.8 Å². The summed E-state index contributed by atoms with van der Waals surface area (Å²) in [5, 5.41) is 9.43. The maximum atomic E-state index is 11.7. The third-order valence-electron chi connectivity index (χ3n) is 3.38. The Bertz CT molecular complexity index is 755. The predicted octanol–water partition coefficient (Wildman–Crippen LogP) is 4.14. The van der Waals surface area contributed by atoms with Crippen LogP contribution in [0.15, 0.2) is 35.5 Å². The van der Waals surface area contributed by atoms with Crippen molar-refractivity contribution in [2.24, 2.45) is 0 Å². The highest BCUT2D eigenvalue weighted by atomic mass is 32.2. The van der Waals surface area contributed by atoms with E-state index < -0.39 is 0 Å². The van der Waals surface area contributed by atoms with E-state index in [0.29, 0.717) is 10.8 Å². The summed E-state index contributed by atoms with van der Waals surface area (Å²) in [6.07, 6.45) is 1.40. The van der Waals surface area contributed by atoms with Crippen LogP contribution in [0.5, 0.6) is 0 Å². The number of hydrogen-bond donors (Lipinski definition) is 0. The molecule has 0 aliphatic carbocycles. The Hall–Kier alpha value is -2.19. The first-order chi connectivity index (χ1) is 10.8. The Balaban J connectivity index is 2.15. The first-order valence-corrected chi connectivity index (χ1v) is 8.30. The Morgan fingerprint density at radius 3 is 2.43 bits per heavy atom. The van der Waals surface area contributed by atoms with Crippen molar-refractivity contribution in [1.29, 1.82) is 5.26 Å². The standard InChI is InChI=1S/C18H19N3OS/c1-12(22)16-17(20-10-15(9-19)21-16)23-11-13-5-7-14(8-6-13)18(2,3)4/h5-8,10H,11H2,1-4H3. The van der Waals surface area contributed by atoms with Gasteiger partial charge in [-0.25, -0.2) is 9.97 Å². The summed E-state index contributed by atoms with van der Waals surface area (Å²) in [5.74, 6) is 0.519. The van der Waals surface area contributed by atoms with Crippen LogP contribution in [0.4, 0.5) is 0 Å². The maximum Gasteiger partial charge on any atom is 0.180 e. The van der Waals surface area contributed by atoms with Crippen molar-refractivity contribution in [2.75, 3.05) is 0 Å². The largest absolute Gasteiger partial charge is 0.293 e. The van der Waals surface area contributed by atoms with Crippen LogP contribution >= 0.6 is 11.8 Å². The van der Waals surface area contributed by atoms with Gasteiger partial charge in [-0.1, -0.05) is 56.8 Å². The van der Waals surface area contributed by atoms with Crippen LogP contribution in [0.2, 0.25) is 0 Å². The van der Waals surface area contributed by atoms with E-state index in [4.69, 9.17) is 5.26 Å². The van der Waals surface area contributed by atoms with Crippen molar-refractivity contribution < 1.29 is 4.79 Å². The van der Waals surface area contributed by atoms with Gasteiger partial charge in [0, 0.05) is 12.7 Å². The lowest BCUT2D eigenvalue weighted by atomic mass is 9.87. The van der Waals surface area contributed by atoms with E-state index in [1.54, 1.807) is 0 Å². The zero-order valence-corrected chi connectivity index (χ0v) is 14.6. The van der Waals surface area contributed by atoms with E-state index in [1.165, 1.54) is 30.4 Å². The minimum atomic E-state index is -0.180. The Morgan fingerprint density at radius 1 is 1.26 bits per heavy atom. The van der Waals surface area contributed by atoms with Gasteiger partial charge in [-0.05, 0) is 16.5 Å². The molecule has 0 fully saturated rings. The van der Waals surface area contributed by atoms with Crippen molar-refractivity contribution in [1.82, 2.24) is 9.97 Å². The molecule has 4 nitrogen and oxygen atoms in total. The second-order valence-electron chi connectivity index (χ2n) is 6.31. The van der Waals surface area contributed by atoms with Crippen LogP contribution in [0.1, 0.15) is 55.0 Å². The third kappa shape index (κ3) is 4.40. The number of aromatic nitrogens is 2. The number of hydrogen-bond acceptors (Lipinski definition) is 5. The predicted molar refractivity (Wildman–Crippen MR) is 91.5 cm³/mol. The summed E-state index contributed by atoms with van der Waals surface area (Å²) in [4.78, 5) is 19.9. The molecule has 0 N–H and O–H groups in total. The molecule has 0 atom stereocenters. The summed E-state index contributed by atoms with van der Waals surface area (Å²) >= 11 is 1.46. The van der Waals surface area contributed by atoms with E-state index in [0.717, 1.165) is 5.56 Å². The molecule has 118 valence electrons. The number of nitrogens with zero attached hydrogens (tertiary/aromatic N) is 3. The molecule has 0 radical (unpaired) electrons. The molecule has 5 heteroatoms. The molecule has 23 heavy (non-hydrogen) atoms. The van der Waals surface area contributed by atoms with Gasteiger partial charge in [-0.2, -0.15) is 5.26 Å². The van der Waals surface area contributed by atoms with Crippen molar-refractivity contribution >= 4 is 17.5 Å². The molecule has 0 spiro atoms. The summed E-state index contributed by atoms with van der Waals surface area (Å²) in [5.41, 5.74) is 3.00. The lowest BCUT2D eigenvalue weighted by Crippen LogP contribution is -2.10. The zero-order valence-electron chi connectivity index (χ0n) is 13.8. The van der Waals surface area contributed by atoms with Gasteiger partial charge in [0.2, 0.25) is 0 Å². The highest BCUT2D eigenvalue weighted by molar-refractivity contribution is 7.98. The summed E-state index contributed by atoms with van der Waals surface area (Å²) in [6.45, 7) is 7.99. The molecule has 0 amide bonds. The summed E-state index contributed by atoms with van der Waals surface area (Å²) in [7, 11) is 0. The molecule has 1 aromatic heterocycles. The number of nitriles is 1. The average molecular weight is 325 g/mol. The molecule has 0 saturated carbocycles. The molecule has 0 unspecified atom stereocenters. The first-order valence-electron chi connectivity index (χ1n) is 7.31. The number of ketones is 1. The number of thioether (sulfide) groups is 1. The van der Waals surface area contributed by atoms with E-state index in [2.05, 4.69) is 55.0 Å². The van der Waals surface area contributed by atoms with Gasteiger partial charge in [0.05, 0.1) is 6.20 Å². The fourth-order valence-corrected chi connectivity index (χ4v) is 2.97. The number of Topliss-reactive ketones (excluding diaryl/α,β-unsaturated/α-hetero) is 1. The molecule has 0 bridgehead atoms. The highest BCUT2D eigenvalue weighted by Crippen LogP contribution is 2.26. The molecular weight excluding hydrogens is 306 g/mol. The Labute approximate surface area is 141 Å². The van der Waals surface area contributed by atoms with E-state index in [-0.39, 0.29) is 22.6 Å². The normalized spacial score (nSPS) is 11.1. The average Bonchev–Trinajstić information content (AvgIpc) is 2.52. The SMILES string of the molecule is CC(=O)c1nc(C#N)cnc1SCc1ccc(C(C)(C)C)cc1. The zero-order chi connectivity index (χ0) is 17.0. The van der Waals surface area contributed by atoms with Crippen molar-refractivity contribution in [3.05, 3.63) is 53.0 Å². The van der Waals surface area contributed by atoms with Gasteiger partial charge >= 0.3 is 0 Å². The van der Waals surface area contributed by atoms with E-state index >= 15 is 0 Å². The van der Waals surface area contributed by atoms with Crippen LogP contribution in [0.3, 0.4) is 0 Å². The van der Waals surface area contributed by atoms with Gasteiger partial charge in [0.15, 0.2) is 11.5 Å². The van der Waals surface area contributed by atoms with Crippen LogP contribution < -0.4 is 0 Å². The van der Waals surface area contributed by atoms with Crippen LogP contribution in [0, 0.1) is 11.3 Å². The number of carbonyl (C=O) groups excluding carboxylic acids is 1. The monoisotopic (exact) mass is 325 g/mol. The highest BCUT2D eigenvalue weighted by Gasteiger charge is 2.14. The Kier molecular flexibility index (Phi) is 5.17. The van der Waals surface area contributed by atoms with E-state index in [1.807, 2.05) is 6.07 Å². The van der Waals surface area contributed by atoms with E-state index in [9.17, 15) is 4.79 Å². The second kappa shape index (κ2) is 6.93. The number of benzene rings is 1. The third-order valence-corrected chi connectivity index (χ3v) is 4.43. The maximum absolute atomic E-state index is 11.7. The smallest absolute Gasteiger partial charge is 0.180 e. The molecule has 1 aromatic carbocycles. The molecule has 0 aliphatic rings. The quantitative estimate of drug-likeness (QED) is 0.624. The molecule has 2 aromatic rings. The van der Waals surface area contributed by atoms with Crippen molar-refractivity contribution in [3.63, 3.8) is 0 Å². The van der Waals surface area contributed by atoms with Gasteiger partial charge in [-0.3, -0.25) is 4.79 Å². The van der Waals surface area contributed by atoms with Crippen molar-refractivity contribution in [3.8, 4) is 6.07 Å². The Morgan fingerprint density at radius 2 is 1.91 bits per heavy atom. The topological polar surface area (TPSA) is 66.6 Å². The second-order valence-corrected chi connectivity index (χ2v) is 7.28. The van der Waals surface area contributed by atoms with Crippen LogP contribution in [0.25, 0.3) is 0 Å². The van der Waals surface area contributed by atoms with Crippen LogP contribution in [-0.2, 0) is 11.2 Å². The molecule has 0 aliphatic heterocycles. The lowest BCUT2D eigenvalue weighted by Gasteiger charge is -2.19. The summed E-state index contributed by atoms with van der Waals surface area (Å²) < 4.78 is 0. The molecule has 1 heterocycles. The van der Waals surface area contributed by atoms with Gasteiger partial charge in [-0.15, -0.1) is 0 Å². The minimum absolute atomic E-state index is 0.131. The van der Waals surface area contributed by atoms with Crippen molar-refractivity contribution in [2.45, 2.75) is 43.9 Å². The van der Waals surface area contributed by atoms with Gasteiger partial charge in [0.1, 0.15) is 16.8 Å². The minimum Gasteiger partial charge on any atom is -0.293 e. The first kappa shape index (κ1) is 17.2. The fraction of sp³-hybridized carbons (Fsp3) is 0.333.